The normalized spacial score (nSPS) is 10.6. The summed E-state index contributed by atoms with van der Waals surface area (Å²) in [5.41, 5.74) is 2.47. The van der Waals surface area contributed by atoms with E-state index in [-0.39, 0.29) is 0 Å². The zero-order valence-corrected chi connectivity index (χ0v) is 18.2. The van der Waals surface area contributed by atoms with E-state index in [1.165, 1.54) is 25.7 Å². The van der Waals surface area contributed by atoms with Crippen LogP contribution in [0, 0.1) is 0 Å². The molecule has 0 bridgehead atoms. The molecular weight excluding hydrogens is 392 g/mol. The number of benzene rings is 1. The van der Waals surface area contributed by atoms with E-state index in [0.717, 1.165) is 35.3 Å². The number of methoxy groups -OCH3 is 1. The summed E-state index contributed by atoms with van der Waals surface area (Å²) in [6.07, 6.45) is 11.7. The summed E-state index contributed by atoms with van der Waals surface area (Å²) in [6, 6.07) is 11.0. The van der Waals surface area contributed by atoms with Gasteiger partial charge >= 0.3 is 6.09 Å². The Balaban J connectivity index is 1.63. The number of ether oxygens (including phenoxy) is 2. The summed E-state index contributed by atoms with van der Waals surface area (Å²) in [7, 11) is 1.61. The molecule has 0 aliphatic rings. The fourth-order valence-corrected chi connectivity index (χ4v) is 3.38. The van der Waals surface area contributed by atoms with Gasteiger partial charge in [-0.05, 0) is 42.8 Å². The molecule has 3 aromatic rings. The van der Waals surface area contributed by atoms with Gasteiger partial charge < -0.3 is 19.2 Å². The zero-order valence-electron chi connectivity index (χ0n) is 18.2. The first-order chi connectivity index (χ1) is 15.2. The standard InChI is InChI=1S/C25H30N2O4/c1-3-4-5-6-7-8-13-27-25(28)31-21-11-12-24(29-2)22(16-21)19-15-20(18-26-17-19)23-10-9-14-30-23/h9-12,14-18H,3-8,13H2,1-2H3,(H,27,28). The van der Waals surface area contributed by atoms with E-state index in [1.807, 2.05) is 18.2 Å². The van der Waals surface area contributed by atoms with Crippen LogP contribution >= 0.6 is 0 Å². The molecule has 31 heavy (non-hydrogen) atoms. The van der Waals surface area contributed by atoms with Crippen molar-refractivity contribution in [1.82, 2.24) is 10.3 Å². The van der Waals surface area contributed by atoms with Gasteiger partial charge in [-0.15, -0.1) is 0 Å². The fourth-order valence-electron chi connectivity index (χ4n) is 3.38. The average Bonchev–Trinajstić information content (AvgIpc) is 3.34. The number of nitrogens with zero attached hydrogens (tertiary/aromatic N) is 1. The lowest BCUT2D eigenvalue weighted by Gasteiger charge is -2.12. The Kier molecular flexibility index (Phi) is 8.52. The van der Waals surface area contributed by atoms with E-state index in [1.54, 1.807) is 44.0 Å². The summed E-state index contributed by atoms with van der Waals surface area (Å²) in [6.45, 7) is 2.82. The Hall–Kier alpha value is -3.28. The van der Waals surface area contributed by atoms with E-state index >= 15 is 0 Å². The molecule has 0 atom stereocenters. The summed E-state index contributed by atoms with van der Waals surface area (Å²) in [4.78, 5) is 16.5. The molecule has 1 amide bonds. The number of amides is 1. The van der Waals surface area contributed by atoms with Crippen molar-refractivity contribution in [2.45, 2.75) is 45.4 Å². The Morgan fingerprint density at radius 1 is 1.03 bits per heavy atom. The third-order valence-electron chi connectivity index (χ3n) is 5.04. The second kappa shape index (κ2) is 11.8. The highest BCUT2D eigenvalue weighted by Crippen LogP contribution is 2.35. The van der Waals surface area contributed by atoms with Gasteiger partial charge in [0.25, 0.3) is 0 Å². The number of nitrogens with one attached hydrogen (secondary N) is 1. The van der Waals surface area contributed by atoms with Crippen LogP contribution in [-0.2, 0) is 0 Å². The number of furan rings is 1. The number of hydrogen-bond donors (Lipinski definition) is 1. The van der Waals surface area contributed by atoms with Crippen molar-refractivity contribution < 1.29 is 18.7 Å². The van der Waals surface area contributed by atoms with E-state index < -0.39 is 6.09 Å². The highest BCUT2D eigenvalue weighted by molar-refractivity contribution is 5.77. The third kappa shape index (κ3) is 6.60. The monoisotopic (exact) mass is 422 g/mol. The Bertz CT molecular complexity index is 954. The smallest absolute Gasteiger partial charge is 0.412 e. The van der Waals surface area contributed by atoms with Crippen LogP contribution in [0.2, 0.25) is 0 Å². The van der Waals surface area contributed by atoms with Gasteiger partial charge in [-0.3, -0.25) is 4.98 Å². The number of carbonyl (C=O) groups excluding carboxylic acids is 1. The van der Waals surface area contributed by atoms with Crippen molar-refractivity contribution >= 4 is 6.09 Å². The molecule has 2 heterocycles. The highest BCUT2D eigenvalue weighted by Gasteiger charge is 2.12. The lowest BCUT2D eigenvalue weighted by atomic mass is 10.0. The van der Waals surface area contributed by atoms with Crippen LogP contribution in [0.1, 0.15) is 45.4 Å². The average molecular weight is 423 g/mol. The highest BCUT2D eigenvalue weighted by atomic mass is 16.6. The quantitative estimate of drug-likeness (QED) is 0.359. The minimum Gasteiger partial charge on any atom is -0.496 e. The SMILES string of the molecule is CCCCCCCCNC(=O)Oc1ccc(OC)c(-c2cncc(-c3ccco3)c2)c1. The van der Waals surface area contributed by atoms with Gasteiger partial charge in [-0.2, -0.15) is 0 Å². The minimum absolute atomic E-state index is 0.444. The minimum atomic E-state index is -0.452. The summed E-state index contributed by atoms with van der Waals surface area (Å²) in [5.74, 6) is 1.84. The zero-order chi connectivity index (χ0) is 21.9. The van der Waals surface area contributed by atoms with Crippen LogP contribution in [0.4, 0.5) is 4.79 Å². The summed E-state index contributed by atoms with van der Waals surface area (Å²) >= 11 is 0. The van der Waals surface area contributed by atoms with E-state index in [2.05, 4.69) is 17.2 Å². The van der Waals surface area contributed by atoms with Gasteiger partial charge in [0, 0.05) is 35.6 Å². The second-order valence-electron chi connectivity index (χ2n) is 7.39. The molecule has 0 saturated heterocycles. The maximum absolute atomic E-state index is 12.2. The molecule has 6 nitrogen and oxygen atoms in total. The molecule has 6 heteroatoms. The van der Waals surface area contributed by atoms with Crippen molar-refractivity contribution in [3.8, 4) is 33.9 Å². The maximum Gasteiger partial charge on any atom is 0.412 e. The predicted octanol–water partition coefficient (Wildman–Crippen LogP) is 6.47. The van der Waals surface area contributed by atoms with E-state index in [0.29, 0.717) is 18.0 Å². The van der Waals surface area contributed by atoms with Crippen LogP contribution < -0.4 is 14.8 Å². The molecule has 0 spiro atoms. The molecule has 0 unspecified atom stereocenters. The first-order valence-corrected chi connectivity index (χ1v) is 10.8. The Labute approximate surface area is 183 Å². The lowest BCUT2D eigenvalue weighted by molar-refractivity contribution is 0.200. The van der Waals surface area contributed by atoms with Crippen LogP contribution in [0.5, 0.6) is 11.5 Å². The molecule has 2 aromatic heterocycles. The molecule has 0 radical (unpaired) electrons. The second-order valence-corrected chi connectivity index (χ2v) is 7.39. The topological polar surface area (TPSA) is 73.6 Å². The summed E-state index contributed by atoms with van der Waals surface area (Å²) < 4.78 is 16.5. The van der Waals surface area contributed by atoms with Gasteiger partial charge in [0.1, 0.15) is 17.3 Å². The van der Waals surface area contributed by atoms with Crippen LogP contribution in [0.3, 0.4) is 0 Å². The number of rotatable bonds is 11. The number of unbranched alkanes of at least 4 members (excludes halogenated alkanes) is 5. The Morgan fingerprint density at radius 2 is 1.84 bits per heavy atom. The van der Waals surface area contributed by atoms with Crippen molar-refractivity contribution in [1.29, 1.82) is 0 Å². The first-order valence-electron chi connectivity index (χ1n) is 10.8. The van der Waals surface area contributed by atoms with Gasteiger partial charge in [0.2, 0.25) is 0 Å². The lowest BCUT2D eigenvalue weighted by Crippen LogP contribution is -2.27. The van der Waals surface area contributed by atoms with Crippen molar-refractivity contribution in [2.24, 2.45) is 0 Å². The van der Waals surface area contributed by atoms with Crippen molar-refractivity contribution in [3.05, 3.63) is 55.1 Å². The molecular formula is C25H30N2O4. The fraction of sp³-hybridized carbons (Fsp3) is 0.360. The molecule has 1 N–H and O–H groups in total. The van der Waals surface area contributed by atoms with E-state index in [9.17, 15) is 4.79 Å². The molecule has 0 fully saturated rings. The van der Waals surface area contributed by atoms with Gasteiger partial charge in [0.05, 0.1) is 13.4 Å². The van der Waals surface area contributed by atoms with Crippen LogP contribution in [0.25, 0.3) is 22.5 Å². The molecule has 1 aromatic carbocycles. The Morgan fingerprint density at radius 3 is 2.61 bits per heavy atom. The third-order valence-corrected chi connectivity index (χ3v) is 5.04. The number of pyridine rings is 1. The van der Waals surface area contributed by atoms with Crippen LogP contribution in [0.15, 0.2) is 59.5 Å². The predicted molar refractivity (Wildman–Crippen MR) is 121 cm³/mol. The molecule has 164 valence electrons. The molecule has 3 rings (SSSR count). The number of carbonyl (C=O) groups is 1. The molecule has 0 aliphatic heterocycles. The van der Waals surface area contributed by atoms with Gasteiger partial charge in [0.15, 0.2) is 0 Å². The first kappa shape index (κ1) is 22.4. The van der Waals surface area contributed by atoms with Crippen LogP contribution in [-0.4, -0.2) is 24.7 Å². The number of aromatic nitrogens is 1. The molecule has 0 saturated carbocycles. The summed E-state index contributed by atoms with van der Waals surface area (Å²) in [5, 5.41) is 2.82. The van der Waals surface area contributed by atoms with Crippen molar-refractivity contribution in [3.63, 3.8) is 0 Å². The van der Waals surface area contributed by atoms with Crippen molar-refractivity contribution in [2.75, 3.05) is 13.7 Å². The maximum atomic E-state index is 12.2. The number of hydrogen-bond acceptors (Lipinski definition) is 5. The van der Waals surface area contributed by atoms with Gasteiger partial charge in [-0.25, -0.2) is 4.79 Å². The van der Waals surface area contributed by atoms with E-state index in [4.69, 9.17) is 13.9 Å². The van der Waals surface area contributed by atoms with Gasteiger partial charge in [-0.1, -0.05) is 39.0 Å². The largest absolute Gasteiger partial charge is 0.496 e. The molecule has 0 aliphatic carbocycles.